The average molecular weight is 303 g/mol. The number of nitrogens with one attached hydrogen (secondary N) is 1. The number of carbonyl (C=O) groups is 2. The molecule has 0 bridgehead atoms. The van der Waals surface area contributed by atoms with Crippen molar-refractivity contribution in [2.24, 2.45) is 11.7 Å². The number of hydrogen-bond donors (Lipinski definition) is 2. The second-order valence-electron chi connectivity index (χ2n) is 5.79. The van der Waals surface area contributed by atoms with Gasteiger partial charge in [0.1, 0.15) is 0 Å². The Morgan fingerprint density at radius 1 is 1.18 bits per heavy atom. The van der Waals surface area contributed by atoms with E-state index in [-0.39, 0.29) is 11.8 Å². The molecule has 5 nitrogen and oxygen atoms in total. The van der Waals surface area contributed by atoms with Crippen LogP contribution < -0.4 is 11.1 Å². The summed E-state index contributed by atoms with van der Waals surface area (Å²) in [5, 5.41) is 2.85. The van der Waals surface area contributed by atoms with Gasteiger partial charge in [-0.15, -0.1) is 0 Å². The zero-order valence-corrected chi connectivity index (χ0v) is 13.0. The van der Waals surface area contributed by atoms with Crippen molar-refractivity contribution in [3.63, 3.8) is 0 Å². The Morgan fingerprint density at radius 3 is 2.50 bits per heavy atom. The maximum absolute atomic E-state index is 12.1. The molecule has 0 atom stereocenters. The molecule has 2 amide bonds. The van der Waals surface area contributed by atoms with Crippen LogP contribution >= 0.6 is 0 Å². The maximum Gasteiger partial charge on any atom is 0.251 e. The second kappa shape index (κ2) is 8.54. The molecule has 2 rings (SSSR count). The lowest BCUT2D eigenvalue weighted by Crippen LogP contribution is -2.40. The summed E-state index contributed by atoms with van der Waals surface area (Å²) in [7, 11) is 0. The number of nitrogens with zero attached hydrogens (tertiary/aromatic N) is 1. The second-order valence-corrected chi connectivity index (χ2v) is 5.79. The molecule has 1 saturated heterocycles. The van der Waals surface area contributed by atoms with Crippen LogP contribution in [0.15, 0.2) is 30.3 Å². The molecule has 0 spiro atoms. The van der Waals surface area contributed by atoms with E-state index in [0.29, 0.717) is 37.4 Å². The molecular formula is C17H25N3O2. The van der Waals surface area contributed by atoms with Crippen LogP contribution in [0.3, 0.4) is 0 Å². The number of hydrogen-bond acceptors (Lipinski definition) is 3. The normalized spacial score (nSPS) is 15.6. The van der Waals surface area contributed by atoms with E-state index in [2.05, 4.69) is 5.32 Å². The minimum absolute atomic E-state index is 0.0863. The fourth-order valence-corrected chi connectivity index (χ4v) is 2.71. The van der Waals surface area contributed by atoms with Crippen molar-refractivity contribution in [3.05, 3.63) is 35.9 Å². The van der Waals surface area contributed by atoms with Gasteiger partial charge in [0.15, 0.2) is 0 Å². The van der Waals surface area contributed by atoms with E-state index in [4.69, 9.17) is 5.73 Å². The smallest absolute Gasteiger partial charge is 0.251 e. The fourth-order valence-electron chi connectivity index (χ4n) is 2.71. The predicted molar refractivity (Wildman–Crippen MR) is 86.4 cm³/mol. The molecule has 0 aliphatic carbocycles. The Kier molecular flexibility index (Phi) is 6.40. The molecule has 120 valence electrons. The molecule has 3 N–H and O–H groups in total. The first kappa shape index (κ1) is 16.5. The number of benzene rings is 1. The Morgan fingerprint density at radius 2 is 1.86 bits per heavy atom. The van der Waals surface area contributed by atoms with Crippen LogP contribution in [0.4, 0.5) is 0 Å². The van der Waals surface area contributed by atoms with Gasteiger partial charge >= 0.3 is 0 Å². The van der Waals surface area contributed by atoms with E-state index in [1.165, 1.54) is 0 Å². The van der Waals surface area contributed by atoms with Crippen molar-refractivity contribution in [1.82, 2.24) is 10.2 Å². The van der Waals surface area contributed by atoms with Gasteiger partial charge in [-0.05, 0) is 43.9 Å². The summed E-state index contributed by atoms with van der Waals surface area (Å²) in [6.45, 7) is 2.88. The summed E-state index contributed by atoms with van der Waals surface area (Å²) in [4.78, 5) is 25.9. The Hall–Kier alpha value is -1.88. The van der Waals surface area contributed by atoms with Crippen molar-refractivity contribution in [1.29, 1.82) is 0 Å². The lowest BCUT2D eigenvalue weighted by molar-refractivity contribution is -0.132. The molecule has 22 heavy (non-hydrogen) atoms. The highest BCUT2D eigenvalue weighted by atomic mass is 16.2. The third-order valence-electron chi connectivity index (χ3n) is 4.19. The largest absolute Gasteiger partial charge is 0.352 e. The first-order valence-corrected chi connectivity index (χ1v) is 8.02. The van der Waals surface area contributed by atoms with Crippen molar-refractivity contribution in [2.75, 3.05) is 26.2 Å². The molecule has 0 unspecified atom stereocenters. The van der Waals surface area contributed by atoms with E-state index in [9.17, 15) is 9.59 Å². The Balaban J connectivity index is 1.62. The van der Waals surface area contributed by atoms with Gasteiger partial charge in [-0.2, -0.15) is 0 Å². The van der Waals surface area contributed by atoms with Gasteiger partial charge < -0.3 is 16.0 Å². The number of likely N-dealkylation sites (tertiary alicyclic amines) is 1. The van der Waals surface area contributed by atoms with E-state index in [1.807, 2.05) is 23.1 Å². The molecule has 1 aromatic rings. The molecule has 1 heterocycles. The van der Waals surface area contributed by atoms with Gasteiger partial charge in [0.25, 0.3) is 5.91 Å². The monoisotopic (exact) mass is 303 g/mol. The quantitative estimate of drug-likeness (QED) is 0.780. The molecular weight excluding hydrogens is 278 g/mol. The van der Waals surface area contributed by atoms with Crippen molar-refractivity contribution in [3.8, 4) is 0 Å². The van der Waals surface area contributed by atoms with E-state index in [1.54, 1.807) is 12.1 Å². The zero-order valence-electron chi connectivity index (χ0n) is 13.0. The van der Waals surface area contributed by atoms with Crippen LogP contribution in [0.25, 0.3) is 0 Å². The summed E-state index contributed by atoms with van der Waals surface area (Å²) in [6.07, 6.45) is 3.18. The van der Waals surface area contributed by atoms with Crippen molar-refractivity contribution >= 4 is 11.8 Å². The van der Waals surface area contributed by atoms with Crippen molar-refractivity contribution in [2.45, 2.75) is 25.7 Å². The van der Waals surface area contributed by atoms with Crippen LogP contribution in [0.2, 0.25) is 0 Å². The number of amides is 2. The Labute approximate surface area is 131 Å². The first-order valence-electron chi connectivity index (χ1n) is 8.02. The topological polar surface area (TPSA) is 75.4 Å². The lowest BCUT2D eigenvalue weighted by atomic mass is 9.97. The van der Waals surface area contributed by atoms with Gasteiger partial charge in [-0.25, -0.2) is 0 Å². The highest BCUT2D eigenvalue weighted by Gasteiger charge is 2.21. The number of nitrogens with two attached hydrogens (primary N) is 1. The third kappa shape index (κ3) is 4.84. The fraction of sp³-hybridized carbons (Fsp3) is 0.529. The summed E-state index contributed by atoms with van der Waals surface area (Å²) in [5.41, 5.74) is 6.31. The number of rotatable bonds is 6. The van der Waals surface area contributed by atoms with Crippen LogP contribution in [0.5, 0.6) is 0 Å². The van der Waals surface area contributed by atoms with Crippen LogP contribution in [-0.2, 0) is 4.79 Å². The molecule has 5 heteroatoms. The number of piperidine rings is 1. The highest BCUT2D eigenvalue weighted by molar-refractivity contribution is 5.94. The first-order chi connectivity index (χ1) is 10.7. The van der Waals surface area contributed by atoms with Crippen LogP contribution in [-0.4, -0.2) is 42.9 Å². The van der Waals surface area contributed by atoms with E-state index in [0.717, 1.165) is 25.9 Å². The van der Waals surface area contributed by atoms with Gasteiger partial charge in [-0.1, -0.05) is 18.2 Å². The molecule has 1 fully saturated rings. The third-order valence-corrected chi connectivity index (χ3v) is 4.19. The van der Waals surface area contributed by atoms with Gasteiger partial charge in [-0.3, -0.25) is 9.59 Å². The molecule has 1 aliphatic rings. The van der Waals surface area contributed by atoms with E-state index < -0.39 is 0 Å². The van der Waals surface area contributed by atoms with Gasteiger partial charge in [0.2, 0.25) is 5.91 Å². The van der Waals surface area contributed by atoms with Crippen molar-refractivity contribution < 1.29 is 9.59 Å². The highest BCUT2D eigenvalue weighted by Crippen LogP contribution is 2.16. The summed E-state index contributed by atoms with van der Waals surface area (Å²) >= 11 is 0. The average Bonchev–Trinajstić information content (AvgIpc) is 2.59. The Bertz CT molecular complexity index is 482. The summed E-state index contributed by atoms with van der Waals surface area (Å²) < 4.78 is 0. The summed E-state index contributed by atoms with van der Waals surface area (Å²) in [5.74, 6) is 0.662. The van der Waals surface area contributed by atoms with E-state index >= 15 is 0 Å². The zero-order chi connectivity index (χ0) is 15.8. The molecule has 0 saturated carbocycles. The molecule has 0 aromatic heterocycles. The van der Waals surface area contributed by atoms with Gasteiger partial charge in [0.05, 0.1) is 0 Å². The molecule has 1 aliphatic heterocycles. The van der Waals surface area contributed by atoms with Crippen LogP contribution in [0, 0.1) is 5.92 Å². The minimum atomic E-state index is -0.0863. The predicted octanol–water partition coefficient (Wildman–Crippen LogP) is 1.39. The minimum Gasteiger partial charge on any atom is -0.352 e. The molecule has 0 radical (unpaired) electrons. The lowest BCUT2D eigenvalue weighted by Gasteiger charge is -2.31. The summed E-state index contributed by atoms with van der Waals surface area (Å²) in [6, 6.07) is 9.11. The van der Waals surface area contributed by atoms with Crippen LogP contribution in [0.1, 0.15) is 36.0 Å². The van der Waals surface area contributed by atoms with Gasteiger partial charge in [0, 0.05) is 31.6 Å². The SMILES string of the molecule is NCC1CCN(C(=O)CCCNC(=O)c2ccccc2)CC1. The number of carbonyl (C=O) groups excluding carboxylic acids is 2. The standard InChI is InChI=1S/C17H25N3O2/c18-13-14-8-11-20(12-9-14)16(21)7-4-10-19-17(22)15-5-2-1-3-6-15/h1-3,5-6,14H,4,7-13,18H2,(H,19,22). The maximum atomic E-state index is 12.1. The molecule has 1 aromatic carbocycles.